The molecule has 0 radical (unpaired) electrons. The minimum atomic E-state index is -0.755. The van der Waals surface area contributed by atoms with Gasteiger partial charge in [-0.2, -0.15) is 10.1 Å². The SMILES string of the molecule is CCCCC=C(C#N)C(=O)OOCCOC. The second-order valence-electron chi connectivity index (χ2n) is 3.06. The standard InChI is InChI=1S/C11H17NO4/c1-3-4-5-6-10(9-12)11(13)16-15-8-7-14-2/h6H,3-5,7-8H2,1-2H3. The van der Waals surface area contributed by atoms with E-state index in [4.69, 9.17) is 10.00 Å². The average molecular weight is 227 g/mol. The van der Waals surface area contributed by atoms with Crippen molar-refractivity contribution >= 4 is 5.97 Å². The van der Waals surface area contributed by atoms with Crippen molar-refractivity contribution < 1.29 is 19.3 Å². The number of hydrogen-bond acceptors (Lipinski definition) is 5. The summed E-state index contributed by atoms with van der Waals surface area (Å²) in [5.74, 6) is -0.755. The highest BCUT2D eigenvalue weighted by atomic mass is 17.2. The Morgan fingerprint density at radius 1 is 1.44 bits per heavy atom. The Morgan fingerprint density at radius 2 is 2.19 bits per heavy atom. The Labute approximate surface area is 95.5 Å². The lowest BCUT2D eigenvalue weighted by Crippen LogP contribution is -2.10. The number of unbranched alkanes of at least 4 members (excludes halogenated alkanes) is 2. The molecule has 0 unspecified atom stereocenters. The second-order valence-corrected chi connectivity index (χ2v) is 3.06. The Morgan fingerprint density at radius 3 is 2.75 bits per heavy atom. The van der Waals surface area contributed by atoms with E-state index in [0.717, 1.165) is 12.8 Å². The van der Waals surface area contributed by atoms with E-state index in [1.54, 1.807) is 12.1 Å². The number of nitrogens with zero attached hydrogens (tertiary/aromatic N) is 1. The summed E-state index contributed by atoms with van der Waals surface area (Å²) in [5, 5.41) is 8.70. The summed E-state index contributed by atoms with van der Waals surface area (Å²) in [6.07, 6.45) is 4.19. The van der Waals surface area contributed by atoms with Crippen molar-refractivity contribution in [3.8, 4) is 6.07 Å². The van der Waals surface area contributed by atoms with Gasteiger partial charge in [0.2, 0.25) is 0 Å². The van der Waals surface area contributed by atoms with Gasteiger partial charge in [-0.15, -0.1) is 0 Å². The van der Waals surface area contributed by atoms with Gasteiger partial charge in [0, 0.05) is 7.11 Å². The van der Waals surface area contributed by atoms with Gasteiger partial charge < -0.3 is 4.74 Å². The lowest BCUT2D eigenvalue weighted by Gasteiger charge is -2.01. The van der Waals surface area contributed by atoms with Crippen LogP contribution >= 0.6 is 0 Å². The number of carbonyl (C=O) groups is 1. The molecule has 0 aliphatic heterocycles. The molecule has 5 nitrogen and oxygen atoms in total. The van der Waals surface area contributed by atoms with Crippen LogP contribution in [-0.2, 0) is 19.3 Å². The van der Waals surface area contributed by atoms with Crippen molar-refractivity contribution in [1.29, 1.82) is 5.26 Å². The summed E-state index contributed by atoms with van der Waals surface area (Å²) in [6, 6.07) is 1.78. The zero-order chi connectivity index (χ0) is 12.2. The molecule has 0 saturated carbocycles. The van der Waals surface area contributed by atoms with Crippen molar-refractivity contribution in [3.05, 3.63) is 11.6 Å². The molecule has 0 spiro atoms. The quantitative estimate of drug-likeness (QED) is 0.208. The summed E-state index contributed by atoms with van der Waals surface area (Å²) < 4.78 is 4.69. The molecule has 0 bridgehead atoms. The number of carbonyl (C=O) groups excluding carboxylic acids is 1. The molecule has 0 aromatic rings. The van der Waals surface area contributed by atoms with Crippen LogP contribution in [0.3, 0.4) is 0 Å². The molecule has 5 heteroatoms. The van der Waals surface area contributed by atoms with Gasteiger partial charge in [0.1, 0.15) is 18.2 Å². The van der Waals surface area contributed by atoms with E-state index < -0.39 is 5.97 Å². The van der Waals surface area contributed by atoms with E-state index in [2.05, 4.69) is 9.78 Å². The van der Waals surface area contributed by atoms with E-state index in [9.17, 15) is 4.79 Å². The lowest BCUT2D eigenvalue weighted by atomic mass is 10.2. The Balaban J connectivity index is 3.92. The first kappa shape index (κ1) is 14.6. The highest BCUT2D eigenvalue weighted by molar-refractivity contribution is 5.92. The van der Waals surface area contributed by atoms with Crippen LogP contribution in [0.1, 0.15) is 26.2 Å². The van der Waals surface area contributed by atoms with Crippen LogP contribution in [0.4, 0.5) is 0 Å². The summed E-state index contributed by atoms with van der Waals surface area (Å²) in [6.45, 7) is 2.51. The van der Waals surface area contributed by atoms with Crippen LogP contribution in [0.25, 0.3) is 0 Å². The topological polar surface area (TPSA) is 68.6 Å². The molecule has 0 aromatic heterocycles. The molecule has 90 valence electrons. The Hall–Kier alpha value is -1.38. The summed E-state index contributed by atoms with van der Waals surface area (Å²) >= 11 is 0. The number of hydrogen-bond donors (Lipinski definition) is 0. The maximum Gasteiger partial charge on any atom is 0.383 e. The van der Waals surface area contributed by atoms with E-state index in [0.29, 0.717) is 13.0 Å². The van der Waals surface area contributed by atoms with Gasteiger partial charge in [-0.05, 0) is 6.42 Å². The van der Waals surface area contributed by atoms with Crippen LogP contribution in [0.5, 0.6) is 0 Å². The molecule has 0 rings (SSSR count). The normalized spacial score (nSPS) is 10.9. The van der Waals surface area contributed by atoms with Gasteiger partial charge in [0.15, 0.2) is 0 Å². The molecule has 0 aromatic carbocycles. The highest BCUT2D eigenvalue weighted by Crippen LogP contribution is 2.03. The zero-order valence-electron chi connectivity index (χ0n) is 9.69. The van der Waals surface area contributed by atoms with Crippen molar-refractivity contribution in [2.45, 2.75) is 26.2 Å². The van der Waals surface area contributed by atoms with Crippen LogP contribution in [-0.4, -0.2) is 26.3 Å². The molecule has 0 amide bonds. The predicted molar refractivity (Wildman–Crippen MR) is 57.1 cm³/mol. The molecule has 16 heavy (non-hydrogen) atoms. The average Bonchev–Trinajstić information content (AvgIpc) is 2.30. The van der Waals surface area contributed by atoms with Crippen molar-refractivity contribution in [2.24, 2.45) is 0 Å². The van der Waals surface area contributed by atoms with Gasteiger partial charge in [-0.3, -0.25) is 4.89 Å². The lowest BCUT2D eigenvalue weighted by molar-refractivity contribution is -0.271. The maximum absolute atomic E-state index is 11.3. The second kappa shape index (κ2) is 10.1. The fourth-order valence-electron chi connectivity index (χ4n) is 0.883. The van der Waals surface area contributed by atoms with Crippen molar-refractivity contribution in [1.82, 2.24) is 0 Å². The van der Waals surface area contributed by atoms with E-state index >= 15 is 0 Å². The first-order valence-electron chi connectivity index (χ1n) is 5.19. The number of rotatable bonds is 8. The molecule has 0 aliphatic carbocycles. The molecule has 0 fully saturated rings. The fraction of sp³-hybridized carbons (Fsp3) is 0.636. The molecule has 0 atom stereocenters. The number of allylic oxidation sites excluding steroid dienone is 1. The van der Waals surface area contributed by atoms with Crippen LogP contribution in [0.2, 0.25) is 0 Å². The molecule has 0 saturated heterocycles. The molecule has 0 N–H and O–H groups in total. The van der Waals surface area contributed by atoms with Gasteiger partial charge in [-0.25, -0.2) is 4.79 Å². The van der Waals surface area contributed by atoms with Gasteiger partial charge in [0.25, 0.3) is 0 Å². The largest absolute Gasteiger partial charge is 0.383 e. The summed E-state index contributed by atoms with van der Waals surface area (Å²) in [7, 11) is 1.51. The number of nitriles is 1. The minimum Gasteiger partial charge on any atom is -0.382 e. The van der Waals surface area contributed by atoms with E-state index in [1.807, 2.05) is 6.92 Å². The van der Waals surface area contributed by atoms with Crippen LogP contribution in [0.15, 0.2) is 11.6 Å². The van der Waals surface area contributed by atoms with Gasteiger partial charge >= 0.3 is 5.97 Å². The van der Waals surface area contributed by atoms with Crippen molar-refractivity contribution in [2.75, 3.05) is 20.3 Å². The van der Waals surface area contributed by atoms with E-state index in [1.165, 1.54) is 7.11 Å². The molecular formula is C11H17NO4. The molecular weight excluding hydrogens is 210 g/mol. The summed E-state index contributed by atoms with van der Waals surface area (Å²) in [5.41, 5.74) is -0.0223. The smallest absolute Gasteiger partial charge is 0.382 e. The minimum absolute atomic E-state index is 0.0223. The van der Waals surface area contributed by atoms with Crippen LogP contribution < -0.4 is 0 Å². The zero-order valence-corrected chi connectivity index (χ0v) is 9.69. The third kappa shape index (κ3) is 6.98. The number of ether oxygens (including phenoxy) is 1. The third-order valence-electron chi connectivity index (χ3n) is 1.75. The molecule has 0 aliphatic rings. The van der Waals surface area contributed by atoms with Crippen LogP contribution in [0, 0.1) is 11.3 Å². The third-order valence-corrected chi connectivity index (χ3v) is 1.75. The highest BCUT2D eigenvalue weighted by Gasteiger charge is 2.10. The first-order chi connectivity index (χ1) is 7.76. The molecule has 0 heterocycles. The predicted octanol–water partition coefficient (Wildman–Crippen LogP) is 1.75. The van der Waals surface area contributed by atoms with Gasteiger partial charge in [-0.1, -0.05) is 25.8 Å². The Kier molecular flexibility index (Phi) is 9.27. The van der Waals surface area contributed by atoms with Gasteiger partial charge in [0.05, 0.1) is 6.61 Å². The first-order valence-corrected chi connectivity index (χ1v) is 5.19. The maximum atomic E-state index is 11.3. The van der Waals surface area contributed by atoms with Crippen molar-refractivity contribution in [3.63, 3.8) is 0 Å². The number of methoxy groups -OCH3 is 1. The fourth-order valence-corrected chi connectivity index (χ4v) is 0.883. The monoisotopic (exact) mass is 227 g/mol. The summed E-state index contributed by atoms with van der Waals surface area (Å²) in [4.78, 5) is 20.2. The Bertz CT molecular complexity index is 268. The van der Waals surface area contributed by atoms with E-state index in [-0.39, 0.29) is 12.2 Å².